The minimum Gasteiger partial charge on any atom is -0.466 e. The fourth-order valence-electron chi connectivity index (χ4n) is 5.83. The van der Waals surface area contributed by atoms with Crippen LogP contribution < -0.4 is 14.5 Å². The van der Waals surface area contributed by atoms with Crippen LogP contribution in [0.1, 0.15) is 32.3 Å². The molecule has 0 bridgehead atoms. The number of anilines is 1. The number of nitrogens with zero attached hydrogens (tertiary/aromatic N) is 3. The Morgan fingerprint density at radius 3 is 1.83 bits per heavy atom. The fraction of sp³-hybridized carbons (Fsp3) is 0.400. The van der Waals surface area contributed by atoms with Crippen molar-refractivity contribution in [3.63, 3.8) is 0 Å². The number of methoxy groups -OCH3 is 4. The molecule has 48 heavy (non-hydrogen) atoms. The normalized spacial score (nSPS) is 19.3. The van der Waals surface area contributed by atoms with E-state index < -0.39 is 57.8 Å². The number of amides is 3. The highest BCUT2D eigenvalue weighted by molar-refractivity contribution is 8.26. The van der Waals surface area contributed by atoms with E-state index in [1.807, 2.05) is 0 Å². The Hall–Kier alpha value is -4.29. The number of esters is 4. The molecule has 4 aliphatic rings. The van der Waals surface area contributed by atoms with Crippen LogP contribution in [0.4, 0.5) is 5.82 Å². The van der Waals surface area contributed by atoms with E-state index in [1.54, 1.807) is 26.0 Å². The molecule has 15 nitrogen and oxygen atoms in total. The number of carbonyl (C=O) groups is 7. The highest BCUT2D eigenvalue weighted by Crippen LogP contribution is 2.71. The largest absolute Gasteiger partial charge is 0.466 e. The summed E-state index contributed by atoms with van der Waals surface area (Å²) in [4.78, 5) is 101. The third kappa shape index (κ3) is 5.25. The minimum absolute atomic E-state index is 0.0199. The molecule has 18 heteroatoms. The first-order chi connectivity index (χ1) is 22.7. The molecule has 1 saturated heterocycles. The average molecular weight is 721 g/mol. The fourth-order valence-corrected chi connectivity index (χ4v) is 10.9. The Morgan fingerprint density at radius 1 is 0.812 bits per heavy atom. The van der Waals surface area contributed by atoms with Gasteiger partial charge in [0.25, 0.3) is 0 Å². The zero-order chi connectivity index (χ0) is 35.3. The lowest BCUT2D eigenvalue weighted by atomic mass is 9.85. The van der Waals surface area contributed by atoms with Crippen LogP contribution in [0, 0.1) is 0 Å². The number of rotatable bonds is 7. The van der Waals surface area contributed by atoms with Crippen molar-refractivity contribution < 1.29 is 62.1 Å². The lowest BCUT2D eigenvalue weighted by Gasteiger charge is -2.46. The summed E-state index contributed by atoms with van der Waals surface area (Å²) < 4.78 is 19.8. The van der Waals surface area contributed by atoms with Crippen LogP contribution in [-0.4, -0.2) is 98.2 Å². The maximum absolute atomic E-state index is 14.3. The Bertz CT molecular complexity index is 1750. The Morgan fingerprint density at radius 2 is 1.33 bits per heavy atom. The Labute approximate surface area is 286 Å². The summed E-state index contributed by atoms with van der Waals surface area (Å²) in [6, 6.07) is 3.24. The highest BCUT2D eigenvalue weighted by Gasteiger charge is 2.64. The molecule has 0 atom stereocenters. The topological polar surface area (TPSA) is 176 Å². The van der Waals surface area contributed by atoms with E-state index in [-0.39, 0.29) is 38.9 Å². The van der Waals surface area contributed by atoms with Gasteiger partial charge in [-0.3, -0.25) is 14.5 Å². The van der Waals surface area contributed by atoms with E-state index in [0.717, 1.165) is 68.6 Å². The van der Waals surface area contributed by atoms with Gasteiger partial charge in [0.15, 0.2) is 0 Å². The summed E-state index contributed by atoms with van der Waals surface area (Å²) in [5.41, 5.74) is -1.00. The van der Waals surface area contributed by atoms with Gasteiger partial charge in [0.05, 0.1) is 39.6 Å². The predicted octanol–water partition coefficient (Wildman–Crippen LogP) is 1.10. The molecule has 0 N–H and O–H groups in total. The lowest BCUT2D eigenvalue weighted by Crippen LogP contribution is -2.61. The highest BCUT2D eigenvalue weighted by atomic mass is 32.2. The molecule has 1 fully saturated rings. The summed E-state index contributed by atoms with van der Waals surface area (Å²) in [6.07, 6.45) is 1.49. The minimum atomic E-state index is -1.79. The van der Waals surface area contributed by atoms with Gasteiger partial charge in [-0.1, -0.05) is 35.3 Å². The number of thioether (sulfide) groups is 3. The summed E-state index contributed by atoms with van der Waals surface area (Å²) in [5.74, 6) is -5.17. The van der Waals surface area contributed by atoms with Gasteiger partial charge >= 0.3 is 35.6 Å². The number of hydrogen-bond acceptors (Lipinski definition) is 15. The molecule has 254 valence electrons. The molecule has 1 aromatic heterocycles. The first kappa shape index (κ1) is 35.0. The van der Waals surface area contributed by atoms with E-state index in [1.165, 1.54) is 22.9 Å². The van der Waals surface area contributed by atoms with Gasteiger partial charge in [0.2, 0.25) is 11.8 Å². The van der Waals surface area contributed by atoms with E-state index >= 15 is 0 Å². The van der Waals surface area contributed by atoms with Crippen molar-refractivity contribution in [3.8, 4) is 0 Å². The summed E-state index contributed by atoms with van der Waals surface area (Å²) >= 11 is 2.42. The van der Waals surface area contributed by atoms with Crippen LogP contribution in [0.5, 0.6) is 0 Å². The lowest BCUT2D eigenvalue weighted by molar-refractivity contribution is -0.875. The number of pyridine rings is 1. The van der Waals surface area contributed by atoms with Gasteiger partial charge in [-0.25, -0.2) is 24.0 Å². The molecule has 0 unspecified atom stereocenters. The van der Waals surface area contributed by atoms with Crippen molar-refractivity contribution in [1.82, 2.24) is 4.90 Å². The quantitative estimate of drug-likeness (QED) is 0.169. The van der Waals surface area contributed by atoms with Crippen LogP contribution in [0.2, 0.25) is 0 Å². The van der Waals surface area contributed by atoms with Crippen LogP contribution in [0.3, 0.4) is 0 Å². The zero-order valence-electron chi connectivity index (χ0n) is 26.8. The average Bonchev–Trinajstić information content (AvgIpc) is 3.62. The van der Waals surface area contributed by atoms with Gasteiger partial charge in [0.1, 0.15) is 44.2 Å². The van der Waals surface area contributed by atoms with Crippen molar-refractivity contribution >= 4 is 88.3 Å². The first-order valence-corrected chi connectivity index (χ1v) is 16.6. The Balaban J connectivity index is 1.86. The van der Waals surface area contributed by atoms with Crippen molar-refractivity contribution in [1.29, 1.82) is 0 Å². The van der Waals surface area contributed by atoms with Crippen molar-refractivity contribution in [3.05, 3.63) is 49.1 Å². The second-order valence-electron chi connectivity index (χ2n) is 10.9. The SMILES string of the molecule is COC(=O)C1=C(C(=O)OC)SC2(S1)C(C(=O)OC)=C(C(=O)OC)SC1=C2c2ccc[n+](OC)c2N(C(=O)CN2C(=O)CCC2=O)C1(C)C. The number of imide groups is 1. The molecule has 4 aliphatic heterocycles. The first-order valence-electron chi connectivity index (χ1n) is 14.1. The maximum Gasteiger partial charge on any atom is 0.345 e. The van der Waals surface area contributed by atoms with Crippen LogP contribution >= 0.6 is 35.3 Å². The molecule has 1 spiro atoms. The van der Waals surface area contributed by atoms with Gasteiger partial charge in [0, 0.05) is 23.3 Å². The van der Waals surface area contributed by atoms with E-state index in [2.05, 4.69) is 0 Å². The van der Waals surface area contributed by atoms with Crippen molar-refractivity contribution in [2.75, 3.05) is 47.0 Å². The molecular weight excluding hydrogens is 691 g/mol. The number of hydrogen-bond donors (Lipinski definition) is 0. The monoisotopic (exact) mass is 720 g/mol. The van der Waals surface area contributed by atoms with Crippen LogP contribution in [0.25, 0.3) is 5.57 Å². The van der Waals surface area contributed by atoms with E-state index in [9.17, 15) is 33.6 Å². The Kier molecular flexibility index (Phi) is 9.46. The molecule has 0 aliphatic carbocycles. The number of carbonyl (C=O) groups excluding carboxylic acids is 7. The molecule has 5 rings (SSSR count). The van der Waals surface area contributed by atoms with E-state index in [0.29, 0.717) is 16.0 Å². The molecule has 0 aromatic carbocycles. The summed E-state index contributed by atoms with van der Waals surface area (Å²) in [6.45, 7) is 2.76. The predicted molar refractivity (Wildman–Crippen MR) is 171 cm³/mol. The van der Waals surface area contributed by atoms with Crippen LogP contribution in [0.15, 0.2) is 43.5 Å². The molecule has 5 heterocycles. The second kappa shape index (κ2) is 13.0. The summed E-state index contributed by atoms with van der Waals surface area (Å²) in [7, 11) is 5.85. The van der Waals surface area contributed by atoms with Gasteiger partial charge in [-0.05, 0) is 30.7 Å². The van der Waals surface area contributed by atoms with Crippen molar-refractivity contribution in [2.45, 2.75) is 36.3 Å². The van der Waals surface area contributed by atoms with Gasteiger partial charge in [-0.15, -0.1) is 0 Å². The maximum atomic E-state index is 14.3. The standard InChI is InChI=1S/C30H30N3O12S3/c1-29(2)23-18(14-9-8-12-32(45-7)24(14)33(29)17(36)13-31-15(34)10-11-16(31)35)30(19(25(37)41-3)20(46-23)26(38)42-4)47-21(27(39)43-5)22(48-30)28(40)44-6/h8-9,12H,10-11,13H2,1-7H3/q+1. The second-order valence-corrected chi connectivity index (χ2v) is 14.6. The van der Waals surface area contributed by atoms with Gasteiger partial charge < -0.3 is 23.8 Å². The smallest absolute Gasteiger partial charge is 0.345 e. The zero-order valence-corrected chi connectivity index (χ0v) is 29.3. The molecular formula is C30H30N3O12S3+. The number of likely N-dealkylation sites (tertiary alicyclic amines) is 1. The molecule has 1 aromatic rings. The number of fused-ring (bicyclic) bond motifs is 3. The number of aromatic nitrogens is 1. The molecule has 0 saturated carbocycles. The van der Waals surface area contributed by atoms with E-state index in [4.69, 9.17) is 23.8 Å². The number of ether oxygens (including phenoxy) is 4. The van der Waals surface area contributed by atoms with Crippen LogP contribution in [-0.2, 0) is 52.5 Å². The molecule has 3 amide bonds. The summed E-state index contributed by atoms with van der Waals surface area (Å²) in [5, 5.41) is 0. The molecule has 0 radical (unpaired) electrons. The third-order valence-corrected chi connectivity index (χ3v) is 12.6. The van der Waals surface area contributed by atoms with Gasteiger partial charge in [-0.2, -0.15) is 4.90 Å². The third-order valence-electron chi connectivity index (χ3n) is 7.94. The van der Waals surface area contributed by atoms with Crippen molar-refractivity contribution in [2.24, 2.45) is 0 Å².